The van der Waals surface area contributed by atoms with Crippen molar-refractivity contribution in [3.63, 3.8) is 0 Å². The van der Waals surface area contributed by atoms with Crippen molar-refractivity contribution in [2.45, 2.75) is 69.2 Å². The lowest BCUT2D eigenvalue weighted by Crippen LogP contribution is -2.49. The molecule has 2 aliphatic rings. The van der Waals surface area contributed by atoms with Gasteiger partial charge in [-0.3, -0.25) is 4.90 Å². The molecule has 1 saturated heterocycles. The van der Waals surface area contributed by atoms with Crippen LogP contribution in [0.5, 0.6) is 0 Å². The van der Waals surface area contributed by atoms with Gasteiger partial charge in [0.25, 0.3) is 0 Å². The Bertz CT molecular complexity index is 238. The highest BCUT2D eigenvalue weighted by atomic mass is 32.2. The van der Waals surface area contributed by atoms with Gasteiger partial charge in [-0.2, -0.15) is 11.8 Å². The molecule has 2 N–H and O–H groups in total. The predicted octanol–water partition coefficient (Wildman–Crippen LogP) is 2.86. The van der Waals surface area contributed by atoms with Crippen LogP contribution < -0.4 is 5.73 Å². The fourth-order valence-corrected chi connectivity index (χ4v) is 4.35. The highest BCUT2D eigenvalue weighted by Gasteiger charge is 2.30. The Hall–Kier alpha value is 0.270. The van der Waals surface area contributed by atoms with Gasteiger partial charge in [0.15, 0.2) is 0 Å². The molecular weight excluding hydrogens is 228 g/mol. The van der Waals surface area contributed by atoms with E-state index >= 15 is 0 Å². The highest BCUT2D eigenvalue weighted by molar-refractivity contribution is 8.00. The summed E-state index contributed by atoms with van der Waals surface area (Å²) in [7, 11) is 0. The number of nitrogens with two attached hydrogens (primary N) is 1. The summed E-state index contributed by atoms with van der Waals surface area (Å²) in [4.78, 5) is 2.66. The Kier molecular flexibility index (Phi) is 4.79. The predicted molar refractivity (Wildman–Crippen MR) is 77.6 cm³/mol. The summed E-state index contributed by atoms with van der Waals surface area (Å²) in [6.07, 6.45) is 7.79. The van der Waals surface area contributed by atoms with E-state index in [2.05, 4.69) is 30.5 Å². The van der Waals surface area contributed by atoms with E-state index < -0.39 is 0 Å². The molecule has 1 saturated carbocycles. The summed E-state index contributed by atoms with van der Waals surface area (Å²) < 4.78 is 0. The molecule has 2 nitrogen and oxygen atoms in total. The molecule has 0 bridgehead atoms. The summed E-state index contributed by atoms with van der Waals surface area (Å²) in [6, 6.07) is 0.723. The maximum absolute atomic E-state index is 6.52. The fourth-order valence-electron chi connectivity index (χ4n) is 3.18. The van der Waals surface area contributed by atoms with Gasteiger partial charge in [0.05, 0.1) is 0 Å². The first-order chi connectivity index (χ1) is 8.11. The van der Waals surface area contributed by atoms with Crippen LogP contribution in [0.4, 0.5) is 0 Å². The van der Waals surface area contributed by atoms with E-state index in [1.807, 2.05) is 0 Å². The summed E-state index contributed by atoms with van der Waals surface area (Å²) in [5, 5.41) is 0.781. The third-order valence-electron chi connectivity index (χ3n) is 4.76. The molecule has 0 radical (unpaired) electrons. The van der Waals surface area contributed by atoms with E-state index in [9.17, 15) is 0 Å². The van der Waals surface area contributed by atoms with E-state index in [-0.39, 0.29) is 5.54 Å². The molecule has 0 amide bonds. The Morgan fingerprint density at radius 2 is 1.94 bits per heavy atom. The molecule has 2 unspecified atom stereocenters. The summed E-state index contributed by atoms with van der Waals surface area (Å²) in [6.45, 7) is 7.20. The van der Waals surface area contributed by atoms with Crippen LogP contribution >= 0.6 is 11.8 Å². The first kappa shape index (κ1) is 13.7. The van der Waals surface area contributed by atoms with Gasteiger partial charge in [0, 0.05) is 35.7 Å². The third-order valence-corrected chi connectivity index (χ3v) is 6.10. The second kappa shape index (κ2) is 5.94. The molecule has 1 aliphatic heterocycles. The zero-order chi connectivity index (χ0) is 12.3. The number of thioether (sulfide) groups is 1. The highest BCUT2D eigenvalue weighted by Crippen LogP contribution is 2.30. The standard InChI is InChI=1S/C14H28N2S/c1-12-13(2)17-11-10-16(12)9-8-14(15)6-4-3-5-7-14/h12-13H,3-11,15H2,1-2H3. The molecule has 2 fully saturated rings. The van der Waals surface area contributed by atoms with Crippen molar-refractivity contribution in [2.75, 3.05) is 18.8 Å². The van der Waals surface area contributed by atoms with Crippen LogP contribution in [0.1, 0.15) is 52.4 Å². The van der Waals surface area contributed by atoms with Gasteiger partial charge in [-0.15, -0.1) is 0 Å². The fraction of sp³-hybridized carbons (Fsp3) is 1.00. The van der Waals surface area contributed by atoms with Gasteiger partial charge in [-0.05, 0) is 26.2 Å². The average molecular weight is 256 g/mol. The van der Waals surface area contributed by atoms with Gasteiger partial charge in [-0.25, -0.2) is 0 Å². The first-order valence-corrected chi connectivity index (χ1v) is 8.30. The van der Waals surface area contributed by atoms with Crippen LogP contribution in [0.15, 0.2) is 0 Å². The molecule has 1 heterocycles. The molecule has 0 aromatic carbocycles. The van der Waals surface area contributed by atoms with Crippen LogP contribution in [0.25, 0.3) is 0 Å². The van der Waals surface area contributed by atoms with Crippen LogP contribution in [0.2, 0.25) is 0 Å². The number of hydrogen-bond donors (Lipinski definition) is 1. The molecule has 0 aromatic heterocycles. The van der Waals surface area contributed by atoms with Crippen LogP contribution in [-0.4, -0.2) is 40.6 Å². The quantitative estimate of drug-likeness (QED) is 0.842. The minimum absolute atomic E-state index is 0.159. The van der Waals surface area contributed by atoms with Crippen LogP contribution in [-0.2, 0) is 0 Å². The van der Waals surface area contributed by atoms with Crippen molar-refractivity contribution in [3.8, 4) is 0 Å². The zero-order valence-corrected chi connectivity index (χ0v) is 12.3. The Labute approximate surface area is 111 Å². The van der Waals surface area contributed by atoms with E-state index in [0.29, 0.717) is 0 Å². The molecule has 1 aliphatic carbocycles. The largest absolute Gasteiger partial charge is 0.325 e. The smallest absolute Gasteiger partial charge is 0.0184 e. The number of nitrogens with zero attached hydrogens (tertiary/aromatic N) is 1. The molecule has 3 heteroatoms. The van der Waals surface area contributed by atoms with Crippen molar-refractivity contribution in [1.29, 1.82) is 0 Å². The van der Waals surface area contributed by atoms with Crippen molar-refractivity contribution < 1.29 is 0 Å². The van der Waals surface area contributed by atoms with E-state index in [1.54, 1.807) is 0 Å². The van der Waals surface area contributed by atoms with Crippen molar-refractivity contribution in [1.82, 2.24) is 4.90 Å². The minimum Gasteiger partial charge on any atom is -0.325 e. The summed E-state index contributed by atoms with van der Waals surface area (Å²) in [5.41, 5.74) is 6.68. The second-order valence-corrected chi connectivity index (χ2v) is 7.51. The van der Waals surface area contributed by atoms with Crippen molar-refractivity contribution >= 4 is 11.8 Å². The first-order valence-electron chi connectivity index (χ1n) is 7.25. The lowest BCUT2D eigenvalue weighted by Gasteiger charge is -2.41. The van der Waals surface area contributed by atoms with E-state index in [1.165, 1.54) is 57.4 Å². The Morgan fingerprint density at radius 1 is 1.24 bits per heavy atom. The lowest BCUT2D eigenvalue weighted by atomic mass is 9.80. The molecule has 0 spiro atoms. The SMILES string of the molecule is CC1SCCN(CCC2(N)CCCCC2)C1C. The zero-order valence-electron chi connectivity index (χ0n) is 11.5. The molecule has 0 aromatic rings. The Morgan fingerprint density at radius 3 is 2.65 bits per heavy atom. The van der Waals surface area contributed by atoms with Crippen molar-refractivity contribution in [2.24, 2.45) is 5.73 Å². The topological polar surface area (TPSA) is 29.3 Å². The Balaban J connectivity index is 1.80. The van der Waals surface area contributed by atoms with Crippen LogP contribution in [0, 0.1) is 0 Å². The minimum atomic E-state index is 0.159. The van der Waals surface area contributed by atoms with E-state index in [4.69, 9.17) is 5.73 Å². The molecule has 17 heavy (non-hydrogen) atoms. The monoisotopic (exact) mass is 256 g/mol. The van der Waals surface area contributed by atoms with E-state index in [0.717, 1.165) is 11.3 Å². The summed E-state index contributed by atoms with van der Waals surface area (Å²) >= 11 is 2.12. The molecular formula is C14H28N2S. The molecule has 2 atom stereocenters. The van der Waals surface area contributed by atoms with Crippen LogP contribution in [0.3, 0.4) is 0 Å². The van der Waals surface area contributed by atoms with Gasteiger partial charge in [-0.1, -0.05) is 26.2 Å². The number of hydrogen-bond acceptors (Lipinski definition) is 3. The maximum atomic E-state index is 6.52. The van der Waals surface area contributed by atoms with Crippen molar-refractivity contribution in [3.05, 3.63) is 0 Å². The maximum Gasteiger partial charge on any atom is 0.0184 e. The summed E-state index contributed by atoms with van der Waals surface area (Å²) in [5.74, 6) is 1.29. The lowest BCUT2D eigenvalue weighted by molar-refractivity contribution is 0.173. The van der Waals surface area contributed by atoms with Gasteiger partial charge in [0.2, 0.25) is 0 Å². The molecule has 2 rings (SSSR count). The normalized spacial score (nSPS) is 34.8. The van der Waals surface area contributed by atoms with Gasteiger partial charge >= 0.3 is 0 Å². The number of rotatable bonds is 3. The van der Waals surface area contributed by atoms with Gasteiger partial charge < -0.3 is 5.73 Å². The molecule has 100 valence electrons. The second-order valence-electron chi connectivity index (χ2n) is 6.03. The van der Waals surface area contributed by atoms with Gasteiger partial charge in [0.1, 0.15) is 0 Å². The third kappa shape index (κ3) is 3.62. The average Bonchev–Trinajstić information content (AvgIpc) is 2.32.